The fourth-order valence-corrected chi connectivity index (χ4v) is 1.17. The fraction of sp³-hybridized carbons (Fsp3) is 1.00. The Morgan fingerprint density at radius 1 is 0.647 bits per heavy atom. The smallest absolute Gasteiger partial charge is 0.192 e. The van der Waals surface area contributed by atoms with Gasteiger partial charge in [-0.05, 0) is 55.4 Å². The highest BCUT2D eigenvalue weighted by molar-refractivity contribution is 4.59. The molecule has 0 aromatic rings. The maximum absolute atomic E-state index is 5.45. The zero-order valence-corrected chi connectivity index (χ0v) is 12.2. The molecule has 0 rings (SSSR count). The first kappa shape index (κ1) is 16.8. The van der Waals surface area contributed by atoms with Crippen molar-refractivity contribution in [1.82, 2.24) is 0 Å². The van der Waals surface area contributed by atoms with Gasteiger partial charge in [-0.1, -0.05) is 5.04 Å². The monoisotopic (exact) mass is 250 g/mol. The van der Waals surface area contributed by atoms with Gasteiger partial charge in [0.1, 0.15) is 0 Å². The molecule has 104 valence electrons. The average Bonchev–Trinajstić information content (AvgIpc) is 1.95. The van der Waals surface area contributed by atoms with E-state index in [1.165, 1.54) is 0 Å². The summed E-state index contributed by atoms with van der Waals surface area (Å²) in [6.45, 7) is 15.0. The van der Waals surface area contributed by atoms with Crippen molar-refractivity contribution in [2.45, 2.75) is 79.2 Å². The highest BCUT2D eigenvalue weighted by Gasteiger charge is 2.19. The van der Waals surface area contributed by atoms with Crippen molar-refractivity contribution >= 4 is 0 Å². The van der Waals surface area contributed by atoms with Crippen LogP contribution in [0.1, 0.15) is 55.4 Å². The minimum Gasteiger partial charge on any atom is -0.344 e. The summed E-state index contributed by atoms with van der Waals surface area (Å²) in [5.41, 5.74) is -0.591. The lowest BCUT2D eigenvalue weighted by molar-refractivity contribution is -0.577. The average molecular weight is 250 g/mol. The number of rotatable bonds is 6. The quantitative estimate of drug-likeness (QED) is 0.411. The Morgan fingerprint density at radius 2 is 0.941 bits per heavy atom. The summed E-state index contributed by atoms with van der Waals surface area (Å²) < 4.78 is 10.9. The second-order valence-corrected chi connectivity index (χ2v) is 5.86. The molecule has 0 aromatic carbocycles. The summed E-state index contributed by atoms with van der Waals surface area (Å²) >= 11 is 0. The second-order valence-electron chi connectivity index (χ2n) is 5.86. The normalized spacial score (nSPS) is 16.9. The summed E-state index contributed by atoms with van der Waals surface area (Å²) in [5.74, 6) is 0. The van der Waals surface area contributed by atoms with Gasteiger partial charge in [0.05, 0.1) is 11.2 Å². The first-order chi connectivity index (χ1) is 7.49. The van der Waals surface area contributed by atoms with E-state index in [-0.39, 0.29) is 11.2 Å². The van der Waals surface area contributed by atoms with Gasteiger partial charge in [0.25, 0.3) is 0 Å². The van der Waals surface area contributed by atoms with Crippen LogP contribution in [0.3, 0.4) is 0 Å². The van der Waals surface area contributed by atoms with E-state index in [1.807, 2.05) is 41.5 Å². The zero-order valence-electron chi connectivity index (χ0n) is 12.2. The van der Waals surface area contributed by atoms with E-state index in [0.717, 1.165) is 0 Å². The highest BCUT2D eigenvalue weighted by atomic mass is 17.5. The Balaban J connectivity index is 3.70. The van der Waals surface area contributed by atoms with Gasteiger partial charge in [0, 0.05) is 0 Å². The fourth-order valence-electron chi connectivity index (χ4n) is 1.17. The van der Waals surface area contributed by atoms with E-state index in [0.29, 0.717) is 0 Å². The van der Waals surface area contributed by atoms with Crippen LogP contribution in [0, 0.1) is 0 Å². The SMILES string of the molecule is CC(OOOC(C)OC(C)(C)C)OC(C)(C)C. The molecule has 0 aliphatic heterocycles. The van der Waals surface area contributed by atoms with Crippen LogP contribution in [0.2, 0.25) is 0 Å². The highest BCUT2D eigenvalue weighted by Crippen LogP contribution is 2.14. The molecule has 2 atom stereocenters. The van der Waals surface area contributed by atoms with E-state index in [2.05, 4.69) is 5.04 Å². The Kier molecular flexibility index (Phi) is 6.58. The predicted octanol–water partition coefficient (Wildman–Crippen LogP) is 3.19. The van der Waals surface area contributed by atoms with Gasteiger partial charge in [-0.15, -0.1) is 0 Å². The van der Waals surface area contributed by atoms with Crippen LogP contribution in [0.25, 0.3) is 0 Å². The van der Waals surface area contributed by atoms with Gasteiger partial charge >= 0.3 is 0 Å². The molecule has 17 heavy (non-hydrogen) atoms. The third-order valence-electron chi connectivity index (χ3n) is 1.39. The molecular weight excluding hydrogens is 224 g/mol. The molecule has 5 heteroatoms. The molecule has 0 radical (unpaired) electrons. The Bertz CT molecular complexity index is 182. The van der Waals surface area contributed by atoms with Crippen LogP contribution in [-0.2, 0) is 24.3 Å². The third kappa shape index (κ3) is 12.1. The van der Waals surface area contributed by atoms with E-state index < -0.39 is 12.6 Å². The Morgan fingerprint density at radius 3 is 1.18 bits per heavy atom. The first-order valence-electron chi connectivity index (χ1n) is 5.84. The van der Waals surface area contributed by atoms with Crippen LogP contribution in [0.15, 0.2) is 0 Å². The molecule has 2 unspecified atom stereocenters. The zero-order chi connectivity index (χ0) is 13.7. The van der Waals surface area contributed by atoms with Crippen molar-refractivity contribution in [1.29, 1.82) is 0 Å². The van der Waals surface area contributed by atoms with Crippen LogP contribution in [-0.4, -0.2) is 23.8 Å². The molecule has 0 fully saturated rings. The standard InChI is InChI=1S/C12H26O5/c1-9(13-11(3,4)5)15-17-16-10(2)14-12(6,7)8/h9-10H,1-8H3. The Labute approximate surface area is 104 Å². The summed E-state index contributed by atoms with van der Waals surface area (Å²) in [7, 11) is 0. The van der Waals surface area contributed by atoms with Gasteiger partial charge in [0.2, 0.25) is 0 Å². The molecule has 0 saturated carbocycles. The molecule has 0 aliphatic carbocycles. The maximum atomic E-state index is 5.45. The van der Waals surface area contributed by atoms with Crippen molar-refractivity contribution in [3.63, 3.8) is 0 Å². The molecule has 0 N–H and O–H groups in total. The predicted molar refractivity (Wildman–Crippen MR) is 63.9 cm³/mol. The third-order valence-corrected chi connectivity index (χ3v) is 1.39. The van der Waals surface area contributed by atoms with Crippen molar-refractivity contribution in [3.8, 4) is 0 Å². The van der Waals surface area contributed by atoms with Gasteiger partial charge < -0.3 is 9.47 Å². The van der Waals surface area contributed by atoms with Gasteiger partial charge in [0.15, 0.2) is 12.6 Å². The molecule has 0 heterocycles. The topological polar surface area (TPSA) is 46.2 Å². The van der Waals surface area contributed by atoms with Crippen molar-refractivity contribution in [3.05, 3.63) is 0 Å². The molecule has 0 aromatic heterocycles. The van der Waals surface area contributed by atoms with E-state index >= 15 is 0 Å². The molecule has 0 aliphatic rings. The second kappa shape index (κ2) is 6.66. The van der Waals surface area contributed by atoms with Crippen LogP contribution in [0.4, 0.5) is 0 Å². The van der Waals surface area contributed by atoms with E-state index in [9.17, 15) is 0 Å². The van der Waals surface area contributed by atoms with Crippen LogP contribution >= 0.6 is 0 Å². The lowest BCUT2D eigenvalue weighted by Gasteiger charge is -2.25. The summed E-state index contributed by atoms with van der Waals surface area (Å²) in [6.07, 6.45) is -1.03. The first-order valence-corrected chi connectivity index (χ1v) is 5.84. The largest absolute Gasteiger partial charge is 0.344 e. The maximum Gasteiger partial charge on any atom is 0.192 e. The number of ether oxygens (including phenoxy) is 2. The lowest BCUT2D eigenvalue weighted by atomic mass is 10.2. The van der Waals surface area contributed by atoms with Gasteiger partial charge in [-0.25, -0.2) is 0 Å². The van der Waals surface area contributed by atoms with Crippen molar-refractivity contribution in [2.24, 2.45) is 0 Å². The molecule has 0 spiro atoms. The number of hydrogen-bond acceptors (Lipinski definition) is 5. The lowest BCUT2D eigenvalue weighted by Crippen LogP contribution is -2.30. The molecular formula is C12H26O5. The van der Waals surface area contributed by atoms with Crippen LogP contribution in [0.5, 0.6) is 0 Å². The van der Waals surface area contributed by atoms with Gasteiger partial charge in [-0.3, -0.25) is 0 Å². The summed E-state index contributed by atoms with van der Waals surface area (Å²) in [5, 5.41) is 4.60. The number of hydrogen-bond donors (Lipinski definition) is 0. The summed E-state index contributed by atoms with van der Waals surface area (Å²) in [6, 6.07) is 0. The van der Waals surface area contributed by atoms with Gasteiger partial charge in [-0.2, -0.15) is 9.78 Å². The minimum atomic E-state index is -0.517. The molecule has 0 saturated heterocycles. The Hall–Kier alpha value is -0.200. The van der Waals surface area contributed by atoms with Crippen molar-refractivity contribution in [2.75, 3.05) is 0 Å². The molecule has 0 amide bonds. The van der Waals surface area contributed by atoms with Crippen molar-refractivity contribution < 1.29 is 24.3 Å². The molecule has 0 bridgehead atoms. The van der Waals surface area contributed by atoms with E-state index in [1.54, 1.807) is 13.8 Å². The molecule has 5 nitrogen and oxygen atoms in total. The van der Waals surface area contributed by atoms with Crippen LogP contribution < -0.4 is 0 Å². The van der Waals surface area contributed by atoms with E-state index in [4.69, 9.17) is 19.2 Å². The minimum absolute atomic E-state index is 0.295. The summed E-state index contributed by atoms with van der Waals surface area (Å²) in [4.78, 5) is 9.76.